The fourth-order valence-corrected chi connectivity index (χ4v) is 8.40. The van der Waals surface area contributed by atoms with Gasteiger partial charge in [-0.15, -0.1) is 6.58 Å². The number of hydrogen-bond donors (Lipinski definition) is 0. The van der Waals surface area contributed by atoms with Crippen LogP contribution >= 0.6 is 0 Å². The first-order valence-electron chi connectivity index (χ1n) is 26.4. The third kappa shape index (κ3) is 18.2. The molecule has 0 spiro atoms. The van der Waals surface area contributed by atoms with Crippen molar-refractivity contribution in [1.29, 1.82) is 0 Å². The maximum Gasteiger partial charge on any atom is -0.00106 e. The Labute approximate surface area is 451 Å². The zero-order chi connectivity index (χ0) is 53.7. The van der Waals surface area contributed by atoms with Crippen LogP contribution in [0.3, 0.4) is 0 Å². The minimum absolute atomic E-state index is 0. The third-order valence-corrected chi connectivity index (χ3v) is 11.9. The van der Waals surface area contributed by atoms with Crippen LogP contribution < -0.4 is 0 Å². The van der Waals surface area contributed by atoms with Crippen LogP contribution in [0.1, 0.15) is 127 Å². The lowest BCUT2D eigenvalue weighted by Crippen LogP contribution is -1.92. The van der Waals surface area contributed by atoms with Crippen molar-refractivity contribution in [3.8, 4) is 44.5 Å². The van der Waals surface area contributed by atoms with Crippen LogP contribution in [0.15, 0.2) is 237 Å². The molecule has 8 aromatic carbocycles. The highest BCUT2D eigenvalue weighted by Gasteiger charge is 2.21. The van der Waals surface area contributed by atoms with Crippen molar-refractivity contribution in [1.82, 2.24) is 0 Å². The van der Waals surface area contributed by atoms with Crippen molar-refractivity contribution in [2.75, 3.05) is 0 Å². The first kappa shape index (κ1) is 62.6. The zero-order valence-corrected chi connectivity index (χ0v) is 46.9. The van der Waals surface area contributed by atoms with Crippen LogP contribution in [0.5, 0.6) is 0 Å². The van der Waals surface area contributed by atoms with Crippen molar-refractivity contribution in [2.24, 2.45) is 0 Å². The number of aryl methyl sites for hydroxylation is 3. The Hall–Kier alpha value is -7.54. The molecule has 0 radical (unpaired) electrons. The van der Waals surface area contributed by atoms with Crippen molar-refractivity contribution < 1.29 is 0 Å². The van der Waals surface area contributed by atoms with E-state index in [-0.39, 0.29) is 7.43 Å². The molecule has 0 unspecified atom stereocenters. The number of allylic oxidation sites excluding steroid dienone is 7. The van der Waals surface area contributed by atoms with E-state index in [9.17, 15) is 0 Å². The SMILES string of the molecule is C.C=C(C)C.C=C(c1cccc(-c2ccc(C(/C=C\C)=C/C=C\C)cc2)c1)c1ccc(-c2ccccc2)cc1C.CC.CC.CC.Cc1ccccc1.Cc1ccccc1-c1ccc2c(c1C)Cc1ccccc1-2. The Bertz CT molecular complexity index is 3000. The molecular weight excluding hydrogens is 889 g/mol. The van der Waals surface area contributed by atoms with Crippen LogP contribution in [-0.2, 0) is 6.42 Å². The average molecular weight is 978 g/mol. The molecule has 0 aromatic heterocycles. The molecular formula is C74H88. The second-order valence-electron chi connectivity index (χ2n) is 17.5. The highest BCUT2D eigenvalue weighted by molar-refractivity contribution is 5.85. The number of fused-ring (bicyclic) bond motifs is 3. The molecule has 0 heterocycles. The van der Waals surface area contributed by atoms with Gasteiger partial charge in [0.2, 0.25) is 0 Å². The molecule has 1 aliphatic rings. The summed E-state index contributed by atoms with van der Waals surface area (Å²) in [7, 11) is 0. The van der Waals surface area contributed by atoms with E-state index in [1.54, 1.807) is 0 Å². The summed E-state index contributed by atoms with van der Waals surface area (Å²) in [6, 6.07) is 66.9. The van der Waals surface area contributed by atoms with Gasteiger partial charge in [-0.25, -0.2) is 0 Å². The normalized spacial score (nSPS) is 10.5. The number of benzene rings is 8. The van der Waals surface area contributed by atoms with Crippen molar-refractivity contribution in [3.63, 3.8) is 0 Å². The summed E-state index contributed by atoms with van der Waals surface area (Å²) in [4.78, 5) is 0. The van der Waals surface area contributed by atoms with Gasteiger partial charge in [0.25, 0.3) is 0 Å². The monoisotopic (exact) mass is 977 g/mol. The van der Waals surface area contributed by atoms with Crippen LogP contribution in [-0.4, -0.2) is 0 Å². The molecule has 384 valence electrons. The molecule has 74 heavy (non-hydrogen) atoms. The molecule has 0 N–H and O–H groups in total. The molecule has 9 rings (SSSR count). The van der Waals surface area contributed by atoms with Gasteiger partial charge in [0.15, 0.2) is 0 Å². The highest BCUT2D eigenvalue weighted by atomic mass is 14.3. The lowest BCUT2D eigenvalue weighted by Gasteiger charge is -2.13. The van der Waals surface area contributed by atoms with Crippen LogP contribution in [0, 0.1) is 27.7 Å². The second kappa shape index (κ2) is 34.0. The first-order chi connectivity index (χ1) is 35.5. The summed E-state index contributed by atoms with van der Waals surface area (Å²) in [6.07, 6.45) is 11.6. The van der Waals surface area contributed by atoms with Gasteiger partial charge in [0.05, 0.1) is 0 Å². The molecule has 1 aliphatic carbocycles. The minimum atomic E-state index is 0. The largest absolute Gasteiger partial charge is 0.100 e. The van der Waals surface area contributed by atoms with Gasteiger partial charge in [0, 0.05) is 0 Å². The average Bonchev–Trinajstić information content (AvgIpc) is 3.82. The maximum absolute atomic E-state index is 4.46. The summed E-state index contributed by atoms with van der Waals surface area (Å²) >= 11 is 0. The molecule has 0 nitrogen and oxygen atoms in total. The van der Waals surface area contributed by atoms with Crippen molar-refractivity contribution >= 4 is 11.1 Å². The fraction of sp³-hybridized carbons (Fsp3) is 0.216. The van der Waals surface area contributed by atoms with E-state index in [1.807, 2.05) is 93.5 Å². The van der Waals surface area contributed by atoms with Crippen LogP contribution in [0.25, 0.3) is 55.7 Å². The predicted octanol–water partition coefficient (Wildman–Crippen LogP) is 22.8. The minimum Gasteiger partial charge on any atom is -0.100 e. The Morgan fingerprint density at radius 3 is 1.53 bits per heavy atom. The first-order valence-corrected chi connectivity index (χ1v) is 26.4. The molecule has 0 atom stereocenters. The maximum atomic E-state index is 4.46. The Kier molecular flexibility index (Phi) is 28.7. The fourth-order valence-electron chi connectivity index (χ4n) is 8.40. The number of rotatable bonds is 8. The standard InChI is InChI=1S/C35H32.C21H18.C7H8.C4H8.3C2H6.CH4/c1-5-7-13-28(12-6-2)30-18-20-31(21-19-30)33-17-11-16-32(25-33)27(4)35-23-22-34(24-26(35)3)29-14-9-8-10-15-29;1-14-7-3-5-9-17(14)18-11-12-20-19-10-6-4-8-16(19)13-21(20)15(18)2;1-7-5-3-2-4-6-7;1-4(2)3;3*1-2;/h5-25H,4H2,1-3H3;3-12H,13H2,1-2H3;2-6H,1H3;1H2,2-3H3;3*1-2H3;1H4/b7-5-,12-6-,28-13+;;;;;;;. The predicted molar refractivity (Wildman–Crippen MR) is 336 cm³/mol. The van der Waals surface area contributed by atoms with Gasteiger partial charge in [-0.3, -0.25) is 0 Å². The smallest absolute Gasteiger partial charge is 0.00106 e. The van der Waals surface area contributed by atoms with Crippen molar-refractivity contribution in [2.45, 2.75) is 111 Å². The van der Waals surface area contributed by atoms with E-state index in [1.165, 1.54) is 100 Å². The van der Waals surface area contributed by atoms with Crippen LogP contribution in [0.4, 0.5) is 0 Å². The summed E-state index contributed by atoms with van der Waals surface area (Å²) in [5.41, 5.74) is 25.6. The molecule has 0 fully saturated rings. The van der Waals surface area contributed by atoms with E-state index in [0.29, 0.717) is 0 Å². The summed E-state index contributed by atoms with van der Waals surface area (Å²) in [5.74, 6) is 0. The van der Waals surface area contributed by atoms with Gasteiger partial charge in [-0.2, -0.15) is 0 Å². The van der Waals surface area contributed by atoms with Gasteiger partial charge in [0.1, 0.15) is 0 Å². The summed E-state index contributed by atoms with van der Waals surface area (Å²) < 4.78 is 0. The van der Waals surface area contributed by atoms with Gasteiger partial charge >= 0.3 is 0 Å². The van der Waals surface area contributed by atoms with E-state index in [2.05, 4.69) is 235 Å². The van der Waals surface area contributed by atoms with Gasteiger partial charge in [-0.1, -0.05) is 279 Å². The van der Waals surface area contributed by atoms with E-state index >= 15 is 0 Å². The topological polar surface area (TPSA) is 0 Å². The molecule has 0 amide bonds. The quantitative estimate of drug-likeness (QED) is 0.105. The molecule has 0 saturated carbocycles. The van der Waals surface area contributed by atoms with Crippen molar-refractivity contribution in [3.05, 3.63) is 287 Å². The van der Waals surface area contributed by atoms with E-state index in [4.69, 9.17) is 0 Å². The highest BCUT2D eigenvalue weighted by Crippen LogP contribution is 2.42. The summed E-state index contributed by atoms with van der Waals surface area (Å²) in [5, 5.41) is 0. The van der Waals surface area contributed by atoms with Crippen LogP contribution in [0.2, 0.25) is 0 Å². The molecule has 0 aliphatic heterocycles. The summed E-state index contributed by atoms with van der Waals surface area (Å²) in [6.45, 7) is 36.8. The molecule has 8 aromatic rings. The Balaban J connectivity index is 0.000000404. The Morgan fingerprint density at radius 2 is 0.959 bits per heavy atom. The lowest BCUT2D eigenvalue weighted by atomic mass is 9.91. The number of hydrogen-bond acceptors (Lipinski definition) is 0. The van der Waals surface area contributed by atoms with E-state index < -0.39 is 0 Å². The van der Waals surface area contributed by atoms with Gasteiger partial charge in [-0.05, 0) is 168 Å². The van der Waals surface area contributed by atoms with E-state index in [0.717, 1.165) is 17.6 Å². The molecule has 0 bridgehead atoms. The molecule has 0 saturated heterocycles. The zero-order valence-electron chi connectivity index (χ0n) is 46.9. The lowest BCUT2D eigenvalue weighted by molar-refractivity contribution is 1.22. The Morgan fingerprint density at radius 1 is 0.446 bits per heavy atom. The van der Waals surface area contributed by atoms with Gasteiger partial charge < -0.3 is 0 Å². The molecule has 0 heteroatoms. The second-order valence-corrected chi connectivity index (χ2v) is 17.5. The third-order valence-electron chi connectivity index (χ3n) is 11.9.